The van der Waals surface area contributed by atoms with Gasteiger partial charge >= 0.3 is 5.97 Å². The number of rotatable bonds is 8. The quantitative estimate of drug-likeness (QED) is 0.617. The Balaban J connectivity index is 1.30. The molecule has 0 saturated heterocycles. The van der Waals surface area contributed by atoms with Crippen LogP contribution < -0.4 is 5.32 Å². The van der Waals surface area contributed by atoms with Gasteiger partial charge in [-0.3, -0.25) is 9.69 Å². The Morgan fingerprint density at radius 2 is 2.15 bits per heavy atom. The lowest BCUT2D eigenvalue weighted by atomic mass is 9.85. The van der Waals surface area contributed by atoms with Crippen molar-refractivity contribution in [2.45, 2.75) is 38.4 Å². The van der Waals surface area contributed by atoms with Gasteiger partial charge in [0.15, 0.2) is 10.8 Å². The van der Waals surface area contributed by atoms with Gasteiger partial charge in [-0.2, -0.15) is 0 Å². The SMILES string of the molecule is CCN(CC(=O)O)C1CC(NCc2ccc(-c3nc4ccccc4s3)o2)C1. The van der Waals surface area contributed by atoms with E-state index in [1.54, 1.807) is 11.3 Å². The summed E-state index contributed by atoms with van der Waals surface area (Å²) in [5.41, 5.74) is 0.996. The zero-order valence-electron chi connectivity index (χ0n) is 15.2. The maximum absolute atomic E-state index is 10.9. The van der Waals surface area contributed by atoms with E-state index in [2.05, 4.69) is 16.4 Å². The molecular formula is C20H23N3O3S. The molecule has 1 fully saturated rings. The first-order valence-electron chi connectivity index (χ1n) is 9.26. The Morgan fingerprint density at radius 3 is 2.89 bits per heavy atom. The zero-order chi connectivity index (χ0) is 18.8. The molecule has 1 aromatic carbocycles. The fourth-order valence-electron chi connectivity index (χ4n) is 3.54. The van der Waals surface area contributed by atoms with E-state index in [1.165, 1.54) is 0 Å². The van der Waals surface area contributed by atoms with Gasteiger partial charge in [0.25, 0.3) is 0 Å². The van der Waals surface area contributed by atoms with Crippen LogP contribution in [-0.2, 0) is 11.3 Å². The molecule has 0 radical (unpaired) electrons. The lowest BCUT2D eigenvalue weighted by Gasteiger charge is -2.42. The molecule has 27 heavy (non-hydrogen) atoms. The Morgan fingerprint density at radius 1 is 1.33 bits per heavy atom. The molecule has 1 aliphatic carbocycles. The first-order chi connectivity index (χ1) is 13.1. The van der Waals surface area contributed by atoms with E-state index in [9.17, 15) is 4.79 Å². The summed E-state index contributed by atoms with van der Waals surface area (Å²) in [6.45, 7) is 3.58. The number of carboxylic acid groups (broad SMARTS) is 1. The normalized spacial score (nSPS) is 19.5. The number of carbonyl (C=O) groups is 1. The summed E-state index contributed by atoms with van der Waals surface area (Å²) in [7, 11) is 0. The molecule has 3 aromatic rings. The fraction of sp³-hybridized carbons (Fsp3) is 0.400. The van der Waals surface area contributed by atoms with Crippen molar-refractivity contribution in [3.63, 3.8) is 0 Å². The van der Waals surface area contributed by atoms with Crippen LogP contribution in [-0.4, -0.2) is 46.1 Å². The van der Waals surface area contributed by atoms with Crippen LogP contribution in [0.4, 0.5) is 0 Å². The van der Waals surface area contributed by atoms with Crippen molar-refractivity contribution >= 4 is 27.5 Å². The van der Waals surface area contributed by atoms with Gasteiger partial charge in [-0.15, -0.1) is 11.3 Å². The molecule has 2 heterocycles. The second-order valence-corrected chi connectivity index (χ2v) is 7.94. The highest BCUT2D eigenvalue weighted by Crippen LogP contribution is 2.31. The first-order valence-corrected chi connectivity index (χ1v) is 10.1. The number of nitrogens with zero attached hydrogens (tertiary/aromatic N) is 2. The monoisotopic (exact) mass is 385 g/mol. The predicted octanol–water partition coefficient (Wildman–Crippen LogP) is 3.58. The number of para-hydroxylation sites is 1. The minimum Gasteiger partial charge on any atom is -0.480 e. The molecule has 6 nitrogen and oxygen atoms in total. The number of hydrogen-bond donors (Lipinski definition) is 2. The van der Waals surface area contributed by atoms with Crippen LogP contribution >= 0.6 is 11.3 Å². The largest absolute Gasteiger partial charge is 0.480 e. The second-order valence-electron chi connectivity index (χ2n) is 6.91. The number of aromatic nitrogens is 1. The smallest absolute Gasteiger partial charge is 0.317 e. The number of benzene rings is 1. The molecule has 0 spiro atoms. The third kappa shape index (κ3) is 4.05. The molecule has 1 saturated carbocycles. The highest BCUT2D eigenvalue weighted by atomic mass is 32.1. The average molecular weight is 385 g/mol. The Hall–Kier alpha value is -2.22. The average Bonchev–Trinajstić information content (AvgIpc) is 3.25. The second kappa shape index (κ2) is 7.80. The summed E-state index contributed by atoms with van der Waals surface area (Å²) in [6, 6.07) is 12.8. The highest BCUT2D eigenvalue weighted by molar-refractivity contribution is 7.21. The molecule has 2 N–H and O–H groups in total. The van der Waals surface area contributed by atoms with Gasteiger partial charge in [0.2, 0.25) is 0 Å². The van der Waals surface area contributed by atoms with E-state index in [-0.39, 0.29) is 6.54 Å². The molecule has 0 atom stereocenters. The minimum atomic E-state index is -0.758. The van der Waals surface area contributed by atoms with Crippen molar-refractivity contribution in [1.82, 2.24) is 15.2 Å². The number of aliphatic carboxylic acids is 1. The van der Waals surface area contributed by atoms with Crippen LogP contribution in [0.3, 0.4) is 0 Å². The van der Waals surface area contributed by atoms with Crippen LogP contribution in [0.5, 0.6) is 0 Å². The van der Waals surface area contributed by atoms with Gasteiger partial charge in [0, 0.05) is 12.1 Å². The van der Waals surface area contributed by atoms with E-state index < -0.39 is 5.97 Å². The standard InChI is InChI=1S/C20H23N3O3S/c1-2-23(12-19(24)25)14-9-13(10-14)21-11-15-7-8-17(26-15)20-22-16-5-3-4-6-18(16)27-20/h3-8,13-14,21H,2,9-12H2,1H3,(H,24,25). The minimum absolute atomic E-state index is 0.123. The predicted molar refractivity (Wildman–Crippen MR) is 106 cm³/mol. The Labute approximate surface area is 161 Å². The van der Waals surface area contributed by atoms with Crippen molar-refractivity contribution in [2.75, 3.05) is 13.1 Å². The highest BCUT2D eigenvalue weighted by Gasteiger charge is 2.33. The summed E-state index contributed by atoms with van der Waals surface area (Å²) < 4.78 is 7.12. The van der Waals surface area contributed by atoms with Gasteiger partial charge in [-0.05, 0) is 43.7 Å². The molecule has 142 valence electrons. The fourth-order valence-corrected chi connectivity index (χ4v) is 4.46. The Bertz CT molecular complexity index is 896. The van der Waals surface area contributed by atoms with Gasteiger partial charge in [-0.25, -0.2) is 4.98 Å². The summed E-state index contributed by atoms with van der Waals surface area (Å²) in [5, 5.41) is 13.4. The molecule has 0 unspecified atom stereocenters. The van der Waals surface area contributed by atoms with Gasteiger partial charge in [-0.1, -0.05) is 19.1 Å². The molecule has 2 aromatic heterocycles. The summed E-state index contributed by atoms with van der Waals surface area (Å²) >= 11 is 1.64. The molecule has 0 amide bonds. The van der Waals surface area contributed by atoms with Crippen molar-refractivity contribution in [1.29, 1.82) is 0 Å². The van der Waals surface area contributed by atoms with Crippen molar-refractivity contribution < 1.29 is 14.3 Å². The molecule has 1 aliphatic rings. The first kappa shape index (κ1) is 18.2. The van der Waals surface area contributed by atoms with Crippen LogP contribution in [0.1, 0.15) is 25.5 Å². The van der Waals surface area contributed by atoms with E-state index >= 15 is 0 Å². The lowest BCUT2D eigenvalue weighted by molar-refractivity contribution is -0.139. The number of fused-ring (bicyclic) bond motifs is 1. The number of hydrogen-bond acceptors (Lipinski definition) is 6. The van der Waals surface area contributed by atoms with Gasteiger partial charge < -0.3 is 14.8 Å². The molecule has 4 rings (SSSR count). The van der Waals surface area contributed by atoms with Crippen LogP contribution in [0.25, 0.3) is 21.0 Å². The third-order valence-corrected chi connectivity index (χ3v) is 6.16. The summed E-state index contributed by atoms with van der Waals surface area (Å²) in [4.78, 5) is 17.6. The van der Waals surface area contributed by atoms with E-state index in [0.717, 1.165) is 46.1 Å². The number of carboxylic acids is 1. The number of likely N-dealkylation sites (N-methyl/N-ethyl adjacent to an activating group) is 1. The maximum Gasteiger partial charge on any atom is 0.317 e. The van der Waals surface area contributed by atoms with Crippen LogP contribution in [0.2, 0.25) is 0 Å². The van der Waals surface area contributed by atoms with Gasteiger partial charge in [0.05, 0.1) is 23.3 Å². The van der Waals surface area contributed by atoms with E-state index in [0.29, 0.717) is 18.6 Å². The van der Waals surface area contributed by atoms with E-state index in [4.69, 9.17) is 9.52 Å². The van der Waals surface area contributed by atoms with Gasteiger partial charge in [0.1, 0.15) is 5.76 Å². The van der Waals surface area contributed by atoms with Crippen LogP contribution in [0.15, 0.2) is 40.8 Å². The summed E-state index contributed by atoms with van der Waals surface area (Å²) in [5.74, 6) is 0.940. The van der Waals surface area contributed by atoms with Crippen LogP contribution in [0, 0.1) is 0 Å². The lowest BCUT2D eigenvalue weighted by Crippen LogP contribution is -2.53. The summed E-state index contributed by atoms with van der Waals surface area (Å²) in [6.07, 6.45) is 1.96. The molecule has 0 bridgehead atoms. The number of thiazole rings is 1. The maximum atomic E-state index is 10.9. The van der Waals surface area contributed by atoms with E-state index in [1.807, 2.05) is 42.2 Å². The van der Waals surface area contributed by atoms with Crippen molar-refractivity contribution in [2.24, 2.45) is 0 Å². The Kier molecular flexibility index (Phi) is 5.24. The zero-order valence-corrected chi connectivity index (χ0v) is 16.0. The molecule has 7 heteroatoms. The molecule has 0 aliphatic heterocycles. The number of nitrogens with one attached hydrogen (secondary N) is 1. The van der Waals surface area contributed by atoms with Crippen molar-refractivity contribution in [3.05, 3.63) is 42.2 Å². The number of furan rings is 1. The third-order valence-electron chi connectivity index (χ3n) is 5.11. The van der Waals surface area contributed by atoms with Crippen molar-refractivity contribution in [3.8, 4) is 10.8 Å². The topological polar surface area (TPSA) is 78.6 Å². The molecular weight excluding hydrogens is 362 g/mol.